The highest BCUT2D eigenvalue weighted by Crippen LogP contribution is 2.28. The van der Waals surface area contributed by atoms with Crippen molar-refractivity contribution in [3.8, 4) is 5.75 Å². The maximum atomic E-state index is 13.4. The number of carbonyl (C=O) groups is 1. The van der Waals surface area contributed by atoms with Gasteiger partial charge in [0.05, 0.1) is 17.7 Å². The van der Waals surface area contributed by atoms with E-state index >= 15 is 0 Å². The van der Waals surface area contributed by atoms with E-state index in [-0.39, 0.29) is 17.3 Å². The van der Waals surface area contributed by atoms with Gasteiger partial charge in [0.15, 0.2) is 0 Å². The first-order valence-corrected chi connectivity index (χ1v) is 12.3. The van der Waals surface area contributed by atoms with Crippen molar-refractivity contribution >= 4 is 21.6 Å². The van der Waals surface area contributed by atoms with Crippen LogP contribution in [0.2, 0.25) is 0 Å². The Morgan fingerprint density at radius 3 is 2.36 bits per heavy atom. The molecule has 6 nitrogen and oxygen atoms in total. The maximum Gasteiger partial charge on any atom is 0.264 e. The van der Waals surface area contributed by atoms with Crippen molar-refractivity contribution in [2.75, 3.05) is 24.5 Å². The second-order valence-electron chi connectivity index (χ2n) is 7.81. The average Bonchev–Trinajstić information content (AvgIpc) is 2.83. The lowest BCUT2D eigenvalue weighted by atomic mass is 10.1. The fraction of sp³-hybridized carbons (Fsp3) is 0.269. The van der Waals surface area contributed by atoms with Gasteiger partial charge in [-0.15, -0.1) is 0 Å². The van der Waals surface area contributed by atoms with E-state index in [1.54, 1.807) is 49.6 Å². The Morgan fingerprint density at radius 1 is 0.939 bits per heavy atom. The number of anilines is 1. The largest absolute Gasteiger partial charge is 0.496 e. The zero-order valence-electron chi connectivity index (χ0n) is 19.2. The van der Waals surface area contributed by atoms with Crippen molar-refractivity contribution in [3.05, 3.63) is 89.5 Å². The van der Waals surface area contributed by atoms with Crippen molar-refractivity contribution in [1.82, 2.24) is 5.32 Å². The summed E-state index contributed by atoms with van der Waals surface area (Å²) in [5.74, 6) is 0.467. The van der Waals surface area contributed by atoms with E-state index in [4.69, 9.17) is 4.74 Å². The quantitative estimate of drug-likeness (QED) is 0.453. The van der Waals surface area contributed by atoms with Crippen LogP contribution in [0.5, 0.6) is 5.75 Å². The van der Waals surface area contributed by atoms with Crippen molar-refractivity contribution in [1.29, 1.82) is 0 Å². The average molecular weight is 467 g/mol. The summed E-state index contributed by atoms with van der Waals surface area (Å²) in [6.07, 6.45) is 1.45. The van der Waals surface area contributed by atoms with Gasteiger partial charge in [-0.2, -0.15) is 0 Å². The third kappa shape index (κ3) is 5.93. The summed E-state index contributed by atoms with van der Waals surface area (Å²) in [4.78, 5) is 12.9. The summed E-state index contributed by atoms with van der Waals surface area (Å²) in [7, 11) is -2.28. The number of sulfonamides is 1. The molecule has 0 spiro atoms. The molecule has 7 heteroatoms. The molecule has 174 valence electrons. The SMILES string of the molecule is COc1ccccc1CCCNC(=O)CN(c1cccc(C)c1C)S(=O)(=O)c1ccccc1. The van der Waals surface area contributed by atoms with Crippen molar-refractivity contribution in [3.63, 3.8) is 0 Å². The van der Waals surface area contributed by atoms with Crippen LogP contribution in [0.3, 0.4) is 0 Å². The van der Waals surface area contributed by atoms with Gasteiger partial charge in [0.1, 0.15) is 12.3 Å². The molecule has 0 aliphatic carbocycles. The molecule has 3 aromatic carbocycles. The number of nitrogens with one attached hydrogen (secondary N) is 1. The van der Waals surface area contributed by atoms with Crippen LogP contribution in [0, 0.1) is 13.8 Å². The van der Waals surface area contributed by atoms with Crippen molar-refractivity contribution < 1.29 is 17.9 Å². The molecule has 0 aromatic heterocycles. The predicted octanol–water partition coefficient (Wildman–Crippen LogP) is 4.26. The Kier molecular flexibility index (Phi) is 8.11. The summed E-state index contributed by atoms with van der Waals surface area (Å²) in [5, 5.41) is 2.86. The molecule has 33 heavy (non-hydrogen) atoms. The molecule has 0 aliphatic rings. The first kappa shape index (κ1) is 24.3. The van der Waals surface area contributed by atoms with E-state index in [1.165, 1.54) is 4.31 Å². The molecule has 0 bridgehead atoms. The van der Waals surface area contributed by atoms with Crippen LogP contribution in [0.4, 0.5) is 5.69 Å². The number of carbonyl (C=O) groups excluding carboxylic acids is 1. The Balaban J connectivity index is 1.73. The van der Waals surface area contributed by atoms with Crippen molar-refractivity contribution in [2.24, 2.45) is 0 Å². The number of rotatable bonds is 10. The number of amides is 1. The highest BCUT2D eigenvalue weighted by atomic mass is 32.2. The van der Waals surface area contributed by atoms with Crippen LogP contribution < -0.4 is 14.4 Å². The lowest BCUT2D eigenvalue weighted by Gasteiger charge is -2.26. The summed E-state index contributed by atoms with van der Waals surface area (Å²) < 4.78 is 33.5. The molecular weight excluding hydrogens is 436 g/mol. The standard InChI is InChI=1S/C26H30N2O4S/c1-20-11-9-16-24(21(20)2)28(33(30,31)23-14-5-4-6-15-23)19-26(29)27-18-10-13-22-12-7-8-17-25(22)32-3/h4-9,11-12,14-17H,10,13,18-19H2,1-3H3,(H,27,29). The van der Waals surface area contributed by atoms with E-state index in [9.17, 15) is 13.2 Å². The van der Waals surface area contributed by atoms with Crippen LogP contribution in [-0.2, 0) is 21.2 Å². The minimum atomic E-state index is -3.92. The minimum Gasteiger partial charge on any atom is -0.496 e. The molecule has 0 heterocycles. The maximum absolute atomic E-state index is 13.4. The second kappa shape index (κ2) is 11.0. The molecule has 0 aliphatic heterocycles. The van der Waals surface area contributed by atoms with Gasteiger partial charge in [-0.3, -0.25) is 9.10 Å². The molecule has 0 unspecified atom stereocenters. The number of para-hydroxylation sites is 1. The van der Waals surface area contributed by atoms with E-state index in [0.29, 0.717) is 18.7 Å². The van der Waals surface area contributed by atoms with Gasteiger partial charge < -0.3 is 10.1 Å². The van der Waals surface area contributed by atoms with Crippen LogP contribution in [0.15, 0.2) is 77.7 Å². The van der Waals surface area contributed by atoms with Crippen LogP contribution in [0.1, 0.15) is 23.1 Å². The highest BCUT2D eigenvalue weighted by molar-refractivity contribution is 7.92. The van der Waals surface area contributed by atoms with Gasteiger partial charge >= 0.3 is 0 Å². The fourth-order valence-corrected chi connectivity index (χ4v) is 5.13. The van der Waals surface area contributed by atoms with Gasteiger partial charge in [0, 0.05) is 6.54 Å². The number of methoxy groups -OCH3 is 1. The molecule has 0 saturated carbocycles. The topological polar surface area (TPSA) is 75.7 Å². The second-order valence-corrected chi connectivity index (χ2v) is 9.67. The number of aryl methyl sites for hydroxylation is 2. The molecular formula is C26H30N2O4S. The monoisotopic (exact) mass is 466 g/mol. The van der Waals surface area contributed by atoms with Crippen LogP contribution >= 0.6 is 0 Å². The van der Waals surface area contributed by atoms with Crippen LogP contribution in [-0.4, -0.2) is 34.5 Å². The Morgan fingerprint density at radius 2 is 1.64 bits per heavy atom. The zero-order chi connectivity index (χ0) is 23.8. The molecule has 0 radical (unpaired) electrons. The molecule has 0 saturated heterocycles. The predicted molar refractivity (Wildman–Crippen MR) is 131 cm³/mol. The van der Waals surface area contributed by atoms with Gasteiger partial charge in [-0.05, 0) is 67.6 Å². The first-order valence-electron chi connectivity index (χ1n) is 10.9. The van der Waals surface area contributed by atoms with E-state index in [2.05, 4.69) is 5.32 Å². The number of hydrogen-bond acceptors (Lipinski definition) is 4. The lowest BCUT2D eigenvalue weighted by Crippen LogP contribution is -2.41. The zero-order valence-corrected chi connectivity index (χ0v) is 20.1. The fourth-order valence-electron chi connectivity index (χ4n) is 3.63. The minimum absolute atomic E-state index is 0.148. The van der Waals surface area contributed by atoms with E-state index in [0.717, 1.165) is 28.9 Å². The Bertz CT molecular complexity index is 1190. The summed E-state index contributed by atoms with van der Waals surface area (Å²) in [6.45, 7) is 3.92. The lowest BCUT2D eigenvalue weighted by molar-refractivity contribution is -0.119. The molecule has 0 fully saturated rings. The normalized spacial score (nSPS) is 11.1. The molecule has 3 aromatic rings. The Hall–Kier alpha value is -3.32. The van der Waals surface area contributed by atoms with Gasteiger partial charge in [-0.1, -0.05) is 48.5 Å². The molecule has 0 atom stereocenters. The highest BCUT2D eigenvalue weighted by Gasteiger charge is 2.28. The van der Waals surface area contributed by atoms with Gasteiger partial charge in [0.2, 0.25) is 5.91 Å². The first-order chi connectivity index (χ1) is 15.8. The smallest absolute Gasteiger partial charge is 0.264 e. The van der Waals surface area contributed by atoms with Crippen LogP contribution in [0.25, 0.3) is 0 Å². The molecule has 3 rings (SSSR count). The van der Waals surface area contributed by atoms with E-state index < -0.39 is 10.0 Å². The number of hydrogen-bond donors (Lipinski definition) is 1. The third-order valence-electron chi connectivity index (χ3n) is 5.60. The molecule has 1 N–H and O–H groups in total. The number of nitrogens with zero attached hydrogens (tertiary/aromatic N) is 1. The molecule has 1 amide bonds. The summed E-state index contributed by atoms with van der Waals surface area (Å²) in [6, 6.07) is 21.4. The van der Waals surface area contributed by atoms with Gasteiger partial charge in [-0.25, -0.2) is 8.42 Å². The summed E-state index contributed by atoms with van der Waals surface area (Å²) >= 11 is 0. The number of ether oxygens (including phenoxy) is 1. The van der Waals surface area contributed by atoms with Crippen molar-refractivity contribution in [2.45, 2.75) is 31.6 Å². The van der Waals surface area contributed by atoms with E-state index in [1.807, 2.05) is 44.2 Å². The number of benzene rings is 3. The van der Waals surface area contributed by atoms with Gasteiger partial charge in [0.25, 0.3) is 10.0 Å². The third-order valence-corrected chi connectivity index (χ3v) is 7.37. The Labute approximate surface area is 196 Å². The summed E-state index contributed by atoms with van der Waals surface area (Å²) in [5.41, 5.74) is 3.35.